The number of ether oxygens (including phenoxy) is 1. The molecule has 0 aliphatic heterocycles. The number of carbonyl (C=O) groups is 1. The van der Waals surface area contributed by atoms with Gasteiger partial charge in [-0.05, 0) is 17.0 Å². The Hall–Kier alpha value is -2.74. The molecule has 3 aromatic rings. The minimum atomic E-state index is -0.437. The Morgan fingerprint density at radius 3 is 2.56 bits per heavy atom. The van der Waals surface area contributed by atoms with Crippen LogP contribution in [-0.4, -0.2) is 28.0 Å². The number of hydrogen-bond acceptors (Lipinski definition) is 7. The molecular formula is C19H22N4O3S. The van der Waals surface area contributed by atoms with Crippen molar-refractivity contribution in [2.24, 2.45) is 0 Å². The van der Waals surface area contributed by atoms with Crippen molar-refractivity contribution in [3.8, 4) is 11.4 Å². The average Bonchev–Trinajstić information content (AvgIpc) is 3.25. The van der Waals surface area contributed by atoms with Crippen molar-refractivity contribution in [2.75, 3.05) is 13.0 Å². The maximum absolute atomic E-state index is 11.7. The van der Waals surface area contributed by atoms with Crippen LogP contribution in [0, 0.1) is 0 Å². The van der Waals surface area contributed by atoms with Gasteiger partial charge in [-0.3, -0.25) is 0 Å². The van der Waals surface area contributed by atoms with Gasteiger partial charge in [0.15, 0.2) is 5.82 Å². The van der Waals surface area contributed by atoms with E-state index in [0.29, 0.717) is 28.1 Å². The molecule has 2 N–H and O–H groups in total. The lowest BCUT2D eigenvalue weighted by Gasteiger charge is -2.19. The highest BCUT2D eigenvalue weighted by Crippen LogP contribution is 2.28. The molecule has 8 heteroatoms. The minimum absolute atomic E-state index is 0.0797. The van der Waals surface area contributed by atoms with Gasteiger partial charge in [-0.2, -0.15) is 0 Å². The van der Waals surface area contributed by atoms with E-state index in [1.807, 2.05) is 12.1 Å². The highest BCUT2D eigenvalue weighted by molar-refractivity contribution is 7.98. The van der Waals surface area contributed by atoms with Gasteiger partial charge in [-0.15, -0.1) is 10.2 Å². The first kappa shape index (κ1) is 19.0. The van der Waals surface area contributed by atoms with Gasteiger partial charge < -0.3 is 15.0 Å². The molecule has 2 heterocycles. The van der Waals surface area contributed by atoms with E-state index in [1.165, 1.54) is 35.4 Å². The van der Waals surface area contributed by atoms with Crippen LogP contribution in [0.25, 0.3) is 11.4 Å². The van der Waals surface area contributed by atoms with Crippen molar-refractivity contribution in [2.45, 2.75) is 37.1 Å². The van der Waals surface area contributed by atoms with E-state index in [-0.39, 0.29) is 5.41 Å². The normalized spacial score (nSPS) is 11.6. The number of carbonyl (C=O) groups excluding carboxylic acids is 1. The van der Waals surface area contributed by atoms with Crippen LogP contribution in [0.1, 0.15) is 42.5 Å². The highest BCUT2D eigenvalue weighted by Gasteiger charge is 2.19. The summed E-state index contributed by atoms with van der Waals surface area (Å²) in [4.78, 5) is 11.7. The van der Waals surface area contributed by atoms with Crippen molar-refractivity contribution < 1.29 is 13.9 Å². The summed E-state index contributed by atoms with van der Waals surface area (Å²) in [6.07, 6.45) is 1.46. The van der Waals surface area contributed by atoms with E-state index in [1.54, 1.807) is 6.07 Å². The number of hydrogen-bond donors (Lipinski definition) is 1. The second-order valence-corrected chi connectivity index (χ2v) is 7.98. The summed E-state index contributed by atoms with van der Waals surface area (Å²) >= 11 is 1.33. The Balaban J connectivity index is 1.76. The van der Waals surface area contributed by atoms with Crippen molar-refractivity contribution in [3.63, 3.8) is 0 Å². The third-order valence-electron chi connectivity index (χ3n) is 4.16. The first-order valence-corrected chi connectivity index (χ1v) is 9.38. The van der Waals surface area contributed by atoms with Crippen LogP contribution in [0.5, 0.6) is 0 Å². The predicted molar refractivity (Wildman–Crippen MR) is 104 cm³/mol. The van der Waals surface area contributed by atoms with Crippen molar-refractivity contribution >= 4 is 17.7 Å². The molecule has 7 nitrogen and oxygen atoms in total. The fourth-order valence-electron chi connectivity index (χ4n) is 2.57. The van der Waals surface area contributed by atoms with E-state index in [4.69, 9.17) is 15.0 Å². The molecule has 0 saturated carbocycles. The molecule has 3 rings (SSSR count). The van der Waals surface area contributed by atoms with Crippen LogP contribution in [0.2, 0.25) is 0 Å². The van der Waals surface area contributed by atoms with Crippen LogP contribution in [0.15, 0.2) is 46.2 Å². The standard InChI is InChI=1S/C19H22N4O3S/c1-19(2,3)13-7-5-12(6-8-13)16-21-22-18(23(16)20)27-11-15-14(9-10-26-15)17(24)25-4/h5-10H,11,20H2,1-4H3. The second-order valence-electron chi connectivity index (χ2n) is 7.04. The monoisotopic (exact) mass is 386 g/mol. The Morgan fingerprint density at radius 1 is 1.22 bits per heavy atom. The molecule has 0 fully saturated rings. The lowest BCUT2D eigenvalue weighted by atomic mass is 9.87. The third-order valence-corrected chi connectivity index (χ3v) is 5.10. The van der Waals surface area contributed by atoms with Crippen LogP contribution in [0.3, 0.4) is 0 Å². The maximum Gasteiger partial charge on any atom is 0.341 e. The number of esters is 1. The summed E-state index contributed by atoms with van der Waals surface area (Å²) < 4.78 is 11.5. The Bertz CT molecular complexity index is 939. The van der Waals surface area contributed by atoms with E-state index >= 15 is 0 Å². The van der Waals surface area contributed by atoms with Crippen molar-refractivity contribution in [3.05, 3.63) is 53.5 Å². The molecule has 0 spiro atoms. The third kappa shape index (κ3) is 4.00. The topological polar surface area (TPSA) is 96.2 Å². The summed E-state index contributed by atoms with van der Waals surface area (Å²) in [5.41, 5.74) is 2.59. The Labute approximate surface area is 161 Å². The number of thioether (sulfide) groups is 1. The predicted octanol–water partition coefficient (Wildman–Crippen LogP) is 3.63. The number of methoxy groups -OCH3 is 1. The van der Waals surface area contributed by atoms with Gasteiger partial charge in [-0.25, -0.2) is 9.47 Å². The molecule has 0 atom stereocenters. The molecule has 0 aliphatic carbocycles. The van der Waals surface area contributed by atoms with E-state index in [2.05, 4.69) is 43.1 Å². The first-order chi connectivity index (χ1) is 12.8. The van der Waals surface area contributed by atoms with E-state index < -0.39 is 5.97 Å². The van der Waals surface area contributed by atoms with Gasteiger partial charge in [0, 0.05) is 5.56 Å². The summed E-state index contributed by atoms with van der Waals surface area (Å²) in [6, 6.07) is 9.70. The zero-order chi connectivity index (χ0) is 19.6. The smallest absolute Gasteiger partial charge is 0.341 e. The minimum Gasteiger partial charge on any atom is -0.468 e. The molecule has 0 saturated heterocycles. The zero-order valence-corrected chi connectivity index (χ0v) is 16.5. The van der Waals surface area contributed by atoms with Crippen LogP contribution < -0.4 is 5.84 Å². The van der Waals surface area contributed by atoms with Gasteiger partial charge >= 0.3 is 5.97 Å². The molecule has 0 radical (unpaired) electrons. The molecular weight excluding hydrogens is 364 g/mol. The largest absolute Gasteiger partial charge is 0.468 e. The molecule has 1 aromatic carbocycles. The number of nitrogens with two attached hydrogens (primary N) is 1. The van der Waals surface area contributed by atoms with Gasteiger partial charge in [0.2, 0.25) is 5.16 Å². The number of nitrogen functional groups attached to an aromatic ring is 1. The average molecular weight is 386 g/mol. The zero-order valence-electron chi connectivity index (χ0n) is 15.7. The number of benzene rings is 1. The van der Waals surface area contributed by atoms with Crippen LogP contribution in [0.4, 0.5) is 0 Å². The van der Waals surface area contributed by atoms with Gasteiger partial charge in [-0.1, -0.05) is 56.8 Å². The van der Waals surface area contributed by atoms with Gasteiger partial charge in [0.1, 0.15) is 11.3 Å². The molecule has 0 unspecified atom stereocenters. The number of aromatic nitrogens is 3. The molecule has 0 amide bonds. The lowest BCUT2D eigenvalue weighted by Crippen LogP contribution is -2.13. The summed E-state index contributed by atoms with van der Waals surface area (Å²) in [6.45, 7) is 6.50. The van der Waals surface area contributed by atoms with Crippen molar-refractivity contribution in [1.29, 1.82) is 0 Å². The van der Waals surface area contributed by atoms with Gasteiger partial charge in [0.25, 0.3) is 0 Å². The number of furan rings is 1. The number of rotatable bonds is 5. The van der Waals surface area contributed by atoms with Crippen LogP contribution >= 0.6 is 11.8 Å². The molecule has 0 aliphatic rings. The first-order valence-electron chi connectivity index (χ1n) is 8.40. The van der Waals surface area contributed by atoms with Gasteiger partial charge in [0.05, 0.1) is 19.1 Å². The van der Waals surface area contributed by atoms with E-state index in [9.17, 15) is 4.79 Å². The lowest BCUT2D eigenvalue weighted by molar-refractivity contribution is 0.0598. The van der Waals surface area contributed by atoms with E-state index in [0.717, 1.165) is 5.56 Å². The summed E-state index contributed by atoms with van der Waals surface area (Å²) in [5, 5.41) is 8.87. The fraction of sp³-hybridized carbons (Fsp3) is 0.316. The SMILES string of the molecule is COC(=O)c1ccoc1CSc1nnc(-c2ccc(C(C)(C)C)cc2)n1N. The number of nitrogens with zero attached hydrogens (tertiary/aromatic N) is 3. The fourth-order valence-corrected chi connectivity index (χ4v) is 3.37. The quantitative estimate of drug-likeness (QED) is 0.406. The Morgan fingerprint density at radius 2 is 1.93 bits per heavy atom. The molecule has 142 valence electrons. The maximum atomic E-state index is 11.7. The summed E-state index contributed by atoms with van der Waals surface area (Å²) in [7, 11) is 1.33. The molecule has 0 bridgehead atoms. The second kappa shape index (κ2) is 7.48. The van der Waals surface area contributed by atoms with Crippen LogP contribution in [-0.2, 0) is 15.9 Å². The van der Waals surface area contributed by atoms with Crippen molar-refractivity contribution in [1.82, 2.24) is 14.9 Å². The molecule has 27 heavy (non-hydrogen) atoms. The summed E-state index contributed by atoms with van der Waals surface area (Å²) in [5.74, 6) is 7.20. The molecule has 2 aromatic heterocycles. The highest BCUT2D eigenvalue weighted by atomic mass is 32.2. The Kier molecular flexibility index (Phi) is 5.27.